The molecule has 1 aliphatic heterocycles. The Balaban J connectivity index is 1.78. The average molecular weight is 292 g/mol. The number of carbonyl (C=O) groups excluding carboxylic acids is 1. The molecule has 2 rings (SSSR count). The van der Waals surface area contributed by atoms with Gasteiger partial charge in [0.15, 0.2) is 0 Å². The first-order valence-electron chi connectivity index (χ1n) is 7.43. The molecule has 5 heteroatoms. The second-order valence-electron chi connectivity index (χ2n) is 5.22. The van der Waals surface area contributed by atoms with Crippen LogP contribution in [0.15, 0.2) is 24.3 Å². The highest BCUT2D eigenvalue weighted by Gasteiger charge is 2.15. The van der Waals surface area contributed by atoms with E-state index in [0.29, 0.717) is 19.1 Å². The summed E-state index contributed by atoms with van der Waals surface area (Å²) in [7, 11) is 3.40. The molecule has 1 saturated heterocycles. The number of nitrogens with zero attached hydrogens (tertiary/aromatic N) is 1. The van der Waals surface area contributed by atoms with Crippen molar-refractivity contribution in [2.45, 2.75) is 25.4 Å². The fraction of sp³-hybridized carbons (Fsp3) is 0.562. The SMILES string of the molecule is COc1cccc(N(C)C(=O)CCOC2CCNCC2)c1. The predicted octanol–water partition coefficient (Wildman–Crippen LogP) is 1.82. The highest BCUT2D eigenvalue weighted by atomic mass is 16.5. The van der Waals surface area contributed by atoms with E-state index < -0.39 is 0 Å². The van der Waals surface area contributed by atoms with Gasteiger partial charge >= 0.3 is 0 Å². The summed E-state index contributed by atoms with van der Waals surface area (Å²) >= 11 is 0. The minimum Gasteiger partial charge on any atom is -0.497 e. The fourth-order valence-electron chi connectivity index (χ4n) is 2.41. The van der Waals surface area contributed by atoms with Gasteiger partial charge in [0, 0.05) is 18.8 Å². The van der Waals surface area contributed by atoms with Crippen LogP contribution in [0.4, 0.5) is 5.69 Å². The Bertz CT molecular complexity index is 459. The molecule has 0 saturated carbocycles. The number of hydrogen-bond acceptors (Lipinski definition) is 4. The van der Waals surface area contributed by atoms with Crippen molar-refractivity contribution in [3.8, 4) is 5.75 Å². The number of carbonyl (C=O) groups is 1. The summed E-state index contributed by atoms with van der Waals surface area (Å²) in [5.74, 6) is 0.801. The van der Waals surface area contributed by atoms with E-state index in [4.69, 9.17) is 9.47 Å². The monoisotopic (exact) mass is 292 g/mol. The van der Waals surface area contributed by atoms with Crippen LogP contribution in [0.2, 0.25) is 0 Å². The second kappa shape index (κ2) is 8.00. The molecule has 5 nitrogen and oxygen atoms in total. The van der Waals surface area contributed by atoms with Crippen LogP contribution < -0.4 is 15.0 Å². The van der Waals surface area contributed by atoms with Crippen LogP contribution in [0.25, 0.3) is 0 Å². The molecule has 21 heavy (non-hydrogen) atoms. The van der Waals surface area contributed by atoms with Crippen molar-refractivity contribution in [2.75, 3.05) is 38.8 Å². The maximum atomic E-state index is 12.2. The minimum absolute atomic E-state index is 0.0530. The van der Waals surface area contributed by atoms with Gasteiger partial charge in [0.2, 0.25) is 5.91 Å². The highest BCUT2D eigenvalue weighted by molar-refractivity contribution is 5.93. The van der Waals surface area contributed by atoms with Gasteiger partial charge in [-0.25, -0.2) is 0 Å². The van der Waals surface area contributed by atoms with E-state index in [-0.39, 0.29) is 5.91 Å². The summed E-state index contributed by atoms with van der Waals surface area (Å²) in [6, 6.07) is 7.49. The summed E-state index contributed by atoms with van der Waals surface area (Å²) in [6.07, 6.45) is 2.75. The molecule has 0 unspecified atom stereocenters. The van der Waals surface area contributed by atoms with Gasteiger partial charge < -0.3 is 19.7 Å². The molecule has 1 amide bonds. The molecule has 1 fully saturated rings. The average Bonchev–Trinajstić information content (AvgIpc) is 2.55. The number of nitrogens with one attached hydrogen (secondary N) is 1. The number of rotatable bonds is 6. The Hall–Kier alpha value is -1.59. The first-order chi connectivity index (χ1) is 10.2. The van der Waals surface area contributed by atoms with Gasteiger partial charge in [-0.1, -0.05) is 6.07 Å². The Morgan fingerprint density at radius 3 is 2.86 bits per heavy atom. The molecule has 1 heterocycles. The predicted molar refractivity (Wildman–Crippen MR) is 82.9 cm³/mol. The highest BCUT2D eigenvalue weighted by Crippen LogP contribution is 2.20. The summed E-state index contributed by atoms with van der Waals surface area (Å²) in [4.78, 5) is 13.8. The number of amides is 1. The van der Waals surface area contributed by atoms with E-state index in [1.807, 2.05) is 24.3 Å². The van der Waals surface area contributed by atoms with E-state index >= 15 is 0 Å². The molecule has 0 bridgehead atoms. The lowest BCUT2D eigenvalue weighted by molar-refractivity contribution is -0.120. The van der Waals surface area contributed by atoms with Crippen LogP contribution in [0.5, 0.6) is 5.75 Å². The lowest BCUT2D eigenvalue weighted by Gasteiger charge is -2.23. The van der Waals surface area contributed by atoms with Crippen molar-refractivity contribution in [3.05, 3.63) is 24.3 Å². The number of anilines is 1. The molecule has 116 valence electrons. The van der Waals surface area contributed by atoms with Crippen LogP contribution in [0.3, 0.4) is 0 Å². The number of hydrogen-bond donors (Lipinski definition) is 1. The minimum atomic E-state index is 0.0530. The van der Waals surface area contributed by atoms with E-state index in [0.717, 1.165) is 37.4 Å². The van der Waals surface area contributed by atoms with Gasteiger partial charge in [-0.05, 0) is 38.1 Å². The Labute approximate surface area is 126 Å². The molecule has 0 aromatic heterocycles. The molecule has 0 spiro atoms. The molecular weight excluding hydrogens is 268 g/mol. The smallest absolute Gasteiger partial charge is 0.229 e. The van der Waals surface area contributed by atoms with E-state index in [1.54, 1.807) is 19.1 Å². The zero-order valence-electron chi connectivity index (χ0n) is 12.8. The van der Waals surface area contributed by atoms with Gasteiger partial charge in [-0.15, -0.1) is 0 Å². The van der Waals surface area contributed by atoms with Gasteiger partial charge in [-0.2, -0.15) is 0 Å². The van der Waals surface area contributed by atoms with Gasteiger partial charge in [0.25, 0.3) is 0 Å². The first kappa shape index (κ1) is 15.8. The zero-order chi connectivity index (χ0) is 15.1. The first-order valence-corrected chi connectivity index (χ1v) is 7.43. The van der Waals surface area contributed by atoms with Gasteiger partial charge in [-0.3, -0.25) is 4.79 Å². The summed E-state index contributed by atoms with van der Waals surface area (Å²) in [5.41, 5.74) is 0.834. The number of piperidine rings is 1. The summed E-state index contributed by atoms with van der Waals surface area (Å²) < 4.78 is 10.9. The third-order valence-corrected chi connectivity index (χ3v) is 3.77. The molecule has 0 radical (unpaired) electrons. The maximum absolute atomic E-state index is 12.2. The molecule has 1 aromatic carbocycles. The Kier molecular flexibility index (Phi) is 6.02. The van der Waals surface area contributed by atoms with Gasteiger partial charge in [0.1, 0.15) is 5.75 Å². The standard InChI is InChI=1S/C16H24N2O3/c1-18(13-4-3-5-15(12-13)20-2)16(19)8-11-21-14-6-9-17-10-7-14/h3-5,12,14,17H,6-11H2,1-2H3. The summed E-state index contributed by atoms with van der Waals surface area (Å²) in [6.45, 7) is 2.49. The third kappa shape index (κ3) is 4.72. The topological polar surface area (TPSA) is 50.8 Å². The molecule has 1 aliphatic rings. The van der Waals surface area contributed by atoms with E-state index in [2.05, 4.69) is 5.32 Å². The second-order valence-corrected chi connectivity index (χ2v) is 5.22. The molecule has 1 N–H and O–H groups in total. The quantitative estimate of drug-likeness (QED) is 0.869. The van der Waals surface area contributed by atoms with E-state index in [1.165, 1.54) is 0 Å². The number of ether oxygens (including phenoxy) is 2. The van der Waals surface area contributed by atoms with E-state index in [9.17, 15) is 4.79 Å². The van der Waals surface area contributed by atoms with Crippen LogP contribution >= 0.6 is 0 Å². The molecule has 0 atom stereocenters. The van der Waals surface area contributed by atoms with Crippen molar-refractivity contribution >= 4 is 11.6 Å². The maximum Gasteiger partial charge on any atom is 0.229 e. The van der Waals surface area contributed by atoms with Crippen molar-refractivity contribution in [1.29, 1.82) is 0 Å². The molecule has 0 aliphatic carbocycles. The van der Waals surface area contributed by atoms with Crippen LogP contribution in [0.1, 0.15) is 19.3 Å². The van der Waals surface area contributed by atoms with Gasteiger partial charge in [0.05, 0.1) is 26.2 Å². The van der Waals surface area contributed by atoms with Crippen molar-refractivity contribution in [2.24, 2.45) is 0 Å². The fourth-order valence-corrected chi connectivity index (χ4v) is 2.41. The van der Waals surface area contributed by atoms with Crippen molar-refractivity contribution < 1.29 is 14.3 Å². The van der Waals surface area contributed by atoms with Crippen LogP contribution in [-0.4, -0.2) is 45.9 Å². The van der Waals surface area contributed by atoms with Crippen LogP contribution in [0, 0.1) is 0 Å². The lowest BCUT2D eigenvalue weighted by Crippen LogP contribution is -2.33. The number of methoxy groups -OCH3 is 1. The summed E-state index contributed by atoms with van der Waals surface area (Å²) in [5, 5.41) is 3.30. The molecular formula is C16H24N2O3. The number of benzene rings is 1. The normalized spacial score (nSPS) is 15.7. The van der Waals surface area contributed by atoms with Crippen molar-refractivity contribution in [3.63, 3.8) is 0 Å². The zero-order valence-corrected chi connectivity index (χ0v) is 12.8. The van der Waals surface area contributed by atoms with Crippen molar-refractivity contribution in [1.82, 2.24) is 5.32 Å². The van der Waals surface area contributed by atoms with Crippen LogP contribution in [-0.2, 0) is 9.53 Å². The molecule has 1 aromatic rings. The Morgan fingerprint density at radius 2 is 2.14 bits per heavy atom. The Morgan fingerprint density at radius 1 is 1.38 bits per heavy atom. The largest absolute Gasteiger partial charge is 0.497 e. The third-order valence-electron chi connectivity index (χ3n) is 3.77. The lowest BCUT2D eigenvalue weighted by atomic mass is 10.1.